The van der Waals surface area contributed by atoms with Crippen LogP contribution < -0.4 is 5.43 Å². The number of aromatic nitrogens is 2. The molecule has 0 aliphatic rings. The molecule has 0 aliphatic carbocycles. The van der Waals surface area contributed by atoms with Crippen molar-refractivity contribution < 1.29 is 6.85 Å². The van der Waals surface area contributed by atoms with Crippen LogP contribution in [0.3, 0.4) is 0 Å². The number of nitrogens with zero attached hydrogens (tertiary/aromatic N) is 2. The molecule has 0 saturated heterocycles. The SMILES string of the molecule is [2H]C([2H])([2H])c1cnc(-c2ccc3c(c2)c2cccc4c(=O)c5ccccc5n3c42)cc1C([2H])([2H])C(C)(C)C. The van der Waals surface area contributed by atoms with Crippen molar-refractivity contribution in [3.8, 4) is 11.3 Å². The highest BCUT2D eigenvalue weighted by atomic mass is 16.1. The number of hydrogen-bond acceptors (Lipinski definition) is 2. The molecule has 3 heterocycles. The lowest BCUT2D eigenvalue weighted by Gasteiger charge is -2.20. The number of fused-ring (bicyclic) bond motifs is 5. The van der Waals surface area contributed by atoms with Crippen molar-refractivity contribution in [2.24, 2.45) is 5.41 Å². The standard InChI is InChI=1S/C30H26N2O/c1-18-17-31-25(15-20(18)16-30(2,3)4)19-12-13-27-24(14-19)21-9-7-10-23-28(21)32(27)26-11-6-5-8-22(26)29(23)33/h5-15,17H,16H2,1-4H3/i1D3,16D2. The van der Waals surface area contributed by atoms with Crippen molar-refractivity contribution >= 4 is 38.1 Å². The van der Waals surface area contributed by atoms with E-state index in [2.05, 4.69) is 9.38 Å². The summed E-state index contributed by atoms with van der Waals surface area (Å²) in [7, 11) is 0. The van der Waals surface area contributed by atoms with Crippen LogP contribution in [0.1, 0.15) is 38.8 Å². The summed E-state index contributed by atoms with van der Waals surface area (Å²) < 4.78 is 43.8. The molecule has 3 heteroatoms. The van der Waals surface area contributed by atoms with Gasteiger partial charge in [-0.05, 0) is 66.2 Å². The number of hydrogen-bond donors (Lipinski definition) is 0. The zero-order valence-corrected chi connectivity index (χ0v) is 18.7. The van der Waals surface area contributed by atoms with Gasteiger partial charge in [0.2, 0.25) is 0 Å². The lowest BCUT2D eigenvalue weighted by Crippen LogP contribution is -2.10. The molecule has 0 atom stereocenters. The largest absolute Gasteiger partial charge is 0.308 e. The van der Waals surface area contributed by atoms with Gasteiger partial charge < -0.3 is 4.40 Å². The predicted octanol–water partition coefficient (Wildman–Crippen LogP) is 7.16. The van der Waals surface area contributed by atoms with Crippen LogP contribution in [0.5, 0.6) is 0 Å². The summed E-state index contributed by atoms with van der Waals surface area (Å²) in [5.74, 6) is 0. The van der Waals surface area contributed by atoms with Crippen LogP contribution in [0.15, 0.2) is 77.7 Å². The smallest absolute Gasteiger partial charge is 0.197 e. The molecule has 6 rings (SSSR count). The van der Waals surface area contributed by atoms with Crippen molar-refractivity contribution in [1.82, 2.24) is 9.38 Å². The van der Waals surface area contributed by atoms with Crippen LogP contribution >= 0.6 is 0 Å². The molecule has 3 aromatic heterocycles. The highest BCUT2D eigenvalue weighted by Gasteiger charge is 2.18. The van der Waals surface area contributed by atoms with Gasteiger partial charge in [0.05, 0.1) is 22.2 Å². The highest BCUT2D eigenvalue weighted by Crippen LogP contribution is 2.36. The summed E-state index contributed by atoms with van der Waals surface area (Å²) in [5, 5.41) is 3.18. The van der Waals surface area contributed by atoms with Crippen molar-refractivity contribution in [2.45, 2.75) is 34.0 Å². The molecule has 3 nitrogen and oxygen atoms in total. The molecule has 0 unspecified atom stereocenters. The molecule has 0 amide bonds. The van der Waals surface area contributed by atoms with E-state index in [1.54, 1.807) is 26.8 Å². The summed E-state index contributed by atoms with van der Waals surface area (Å²) in [4.78, 5) is 17.8. The van der Waals surface area contributed by atoms with Crippen LogP contribution in [0, 0.1) is 12.3 Å². The van der Waals surface area contributed by atoms with E-state index in [1.165, 1.54) is 6.20 Å². The molecule has 33 heavy (non-hydrogen) atoms. The van der Waals surface area contributed by atoms with E-state index in [1.807, 2.05) is 60.7 Å². The van der Waals surface area contributed by atoms with Crippen molar-refractivity contribution in [1.29, 1.82) is 0 Å². The maximum atomic E-state index is 13.3. The quantitative estimate of drug-likeness (QED) is 0.271. The fourth-order valence-corrected chi connectivity index (χ4v) is 4.79. The second-order valence-corrected chi connectivity index (χ2v) is 9.61. The third kappa shape index (κ3) is 3.03. The van der Waals surface area contributed by atoms with E-state index >= 15 is 0 Å². The molecule has 6 aromatic rings. The van der Waals surface area contributed by atoms with E-state index < -0.39 is 18.6 Å². The molecular formula is C30H26N2O. The molecule has 162 valence electrons. The van der Waals surface area contributed by atoms with Gasteiger partial charge >= 0.3 is 0 Å². The Morgan fingerprint density at radius 2 is 1.67 bits per heavy atom. The maximum absolute atomic E-state index is 13.3. The first-order valence-corrected chi connectivity index (χ1v) is 11.0. The first-order chi connectivity index (χ1) is 17.8. The zero-order chi connectivity index (χ0) is 27.2. The number of aryl methyl sites for hydroxylation is 1. The van der Waals surface area contributed by atoms with Gasteiger partial charge in [-0.3, -0.25) is 9.78 Å². The summed E-state index contributed by atoms with van der Waals surface area (Å²) in [6.45, 7) is 2.78. The topological polar surface area (TPSA) is 34.4 Å². The molecule has 0 saturated carbocycles. The summed E-state index contributed by atoms with van der Waals surface area (Å²) in [6, 6.07) is 20.8. The second-order valence-electron chi connectivity index (χ2n) is 9.61. The maximum Gasteiger partial charge on any atom is 0.197 e. The fraction of sp³-hybridized carbons (Fsp3) is 0.200. The second kappa shape index (κ2) is 6.89. The van der Waals surface area contributed by atoms with Gasteiger partial charge in [-0.15, -0.1) is 0 Å². The highest BCUT2D eigenvalue weighted by molar-refractivity contribution is 6.17. The lowest BCUT2D eigenvalue weighted by atomic mass is 9.86. The van der Waals surface area contributed by atoms with Crippen LogP contribution in [-0.4, -0.2) is 9.38 Å². The van der Waals surface area contributed by atoms with Crippen LogP contribution in [0.2, 0.25) is 0 Å². The van der Waals surface area contributed by atoms with Gasteiger partial charge in [-0.2, -0.15) is 0 Å². The number of rotatable bonds is 2. The summed E-state index contributed by atoms with van der Waals surface area (Å²) >= 11 is 0. The molecule has 0 N–H and O–H groups in total. The van der Waals surface area contributed by atoms with E-state index in [0.717, 1.165) is 32.9 Å². The number of pyridine rings is 2. The summed E-state index contributed by atoms with van der Waals surface area (Å²) in [6.07, 6.45) is -0.623. The first kappa shape index (κ1) is 15.2. The van der Waals surface area contributed by atoms with Gasteiger partial charge in [-0.1, -0.05) is 51.1 Å². The Balaban J connectivity index is 1.66. The molecule has 0 aliphatic heterocycles. The van der Waals surface area contributed by atoms with Gasteiger partial charge in [0.25, 0.3) is 0 Å². The fourth-order valence-electron chi connectivity index (χ4n) is 4.79. The van der Waals surface area contributed by atoms with E-state index in [-0.39, 0.29) is 16.6 Å². The third-order valence-electron chi connectivity index (χ3n) is 6.13. The number of benzene rings is 3. The van der Waals surface area contributed by atoms with Crippen LogP contribution in [0.4, 0.5) is 0 Å². The number of para-hydroxylation sites is 2. The van der Waals surface area contributed by atoms with E-state index in [0.29, 0.717) is 16.5 Å². The van der Waals surface area contributed by atoms with Gasteiger partial charge in [0, 0.05) is 40.2 Å². The molecule has 3 aromatic carbocycles. The Kier molecular flexibility index (Phi) is 3.17. The monoisotopic (exact) mass is 435 g/mol. The minimum atomic E-state index is -2.50. The lowest BCUT2D eigenvalue weighted by molar-refractivity contribution is 0.410. The van der Waals surface area contributed by atoms with Crippen molar-refractivity contribution in [3.63, 3.8) is 0 Å². The average molecular weight is 436 g/mol. The van der Waals surface area contributed by atoms with Crippen molar-refractivity contribution in [2.75, 3.05) is 0 Å². The van der Waals surface area contributed by atoms with Crippen molar-refractivity contribution in [3.05, 3.63) is 94.3 Å². The Hall–Kier alpha value is -3.72. The van der Waals surface area contributed by atoms with Crippen LogP contribution in [0.25, 0.3) is 49.4 Å². The van der Waals surface area contributed by atoms with Gasteiger partial charge in [0.15, 0.2) is 5.43 Å². The predicted molar refractivity (Wildman–Crippen MR) is 138 cm³/mol. The first-order valence-electron chi connectivity index (χ1n) is 13.5. The molecule has 0 radical (unpaired) electrons. The third-order valence-corrected chi connectivity index (χ3v) is 6.13. The average Bonchev–Trinajstić information content (AvgIpc) is 3.20. The van der Waals surface area contributed by atoms with Crippen LogP contribution in [-0.2, 0) is 6.37 Å². The van der Waals surface area contributed by atoms with Gasteiger partial charge in [0.1, 0.15) is 0 Å². The minimum Gasteiger partial charge on any atom is -0.308 e. The normalized spacial score (nSPS) is 15.5. The molecular weight excluding hydrogens is 404 g/mol. The molecule has 0 bridgehead atoms. The van der Waals surface area contributed by atoms with E-state index in [4.69, 9.17) is 6.85 Å². The molecule has 0 fully saturated rings. The van der Waals surface area contributed by atoms with Gasteiger partial charge in [-0.25, -0.2) is 0 Å². The Bertz CT molecular complexity index is 1950. The van der Waals surface area contributed by atoms with E-state index in [9.17, 15) is 4.79 Å². The zero-order valence-electron chi connectivity index (χ0n) is 23.7. The Morgan fingerprint density at radius 1 is 0.909 bits per heavy atom. The minimum absolute atomic E-state index is 0.00213. The molecule has 0 spiro atoms. The summed E-state index contributed by atoms with van der Waals surface area (Å²) in [5.41, 5.74) is 3.08. The Morgan fingerprint density at radius 3 is 2.48 bits per heavy atom. The Labute approximate surface area is 199 Å².